The molecule has 2 N–H and O–H groups in total. The van der Waals surface area contributed by atoms with Crippen LogP contribution in [0.4, 0.5) is 0 Å². The van der Waals surface area contributed by atoms with Crippen molar-refractivity contribution in [3.05, 3.63) is 51.2 Å². The van der Waals surface area contributed by atoms with E-state index in [1.807, 2.05) is 0 Å². The van der Waals surface area contributed by atoms with Gasteiger partial charge in [-0.1, -0.05) is 35.5 Å². The number of hydrogen-bond donors (Lipinski definition) is 2. The lowest BCUT2D eigenvalue weighted by molar-refractivity contribution is 0.0843. The molecule has 22 heavy (non-hydrogen) atoms. The smallest absolute Gasteiger partial charge is 0.267 e. The topological polar surface area (TPSA) is 84.0 Å². The number of carbonyl (C=O) groups is 2. The highest BCUT2D eigenvalue weighted by atomic mass is 79.9. The van der Waals surface area contributed by atoms with E-state index in [1.54, 1.807) is 30.5 Å². The summed E-state index contributed by atoms with van der Waals surface area (Å²) >= 11 is 10.4. The largest absolute Gasteiger partial charge is 0.289 e. The van der Waals surface area contributed by atoms with Crippen molar-refractivity contribution in [3.8, 4) is 0 Å². The van der Waals surface area contributed by atoms with Crippen molar-refractivity contribution in [1.29, 1.82) is 0 Å². The summed E-state index contributed by atoms with van der Waals surface area (Å²) in [4.78, 5) is 32.0. The third-order valence-electron chi connectivity index (χ3n) is 2.53. The van der Waals surface area contributed by atoms with Gasteiger partial charge < -0.3 is 0 Å². The van der Waals surface area contributed by atoms with Crippen LogP contribution in [0.25, 0.3) is 0 Å². The van der Waals surface area contributed by atoms with Crippen LogP contribution in [0.1, 0.15) is 20.8 Å². The van der Waals surface area contributed by atoms with E-state index in [0.717, 1.165) is 0 Å². The first-order valence-electron chi connectivity index (χ1n) is 5.94. The van der Waals surface area contributed by atoms with Gasteiger partial charge in [-0.2, -0.15) is 0 Å². The zero-order valence-electron chi connectivity index (χ0n) is 11.3. The van der Waals surface area contributed by atoms with Gasteiger partial charge in [0.15, 0.2) is 10.9 Å². The molecule has 1 aromatic heterocycles. The van der Waals surface area contributed by atoms with E-state index in [0.29, 0.717) is 15.2 Å². The first-order chi connectivity index (χ1) is 10.5. The molecule has 0 aliphatic carbocycles. The summed E-state index contributed by atoms with van der Waals surface area (Å²) in [7, 11) is 0. The van der Waals surface area contributed by atoms with E-state index in [-0.39, 0.29) is 10.7 Å². The predicted octanol–water partition coefficient (Wildman–Crippen LogP) is 2.69. The Morgan fingerprint density at radius 1 is 1.23 bits per heavy atom. The first kappa shape index (κ1) is 16.7. The maximum Gasteiger partial charge on any atom is 0.289 e. The van der Waals surface area contributed by atoms with Crippen LogP contribution in [0.15, 0.2) is 40.1 Å². The third-order valence-corrected chi connectivity index (χ3v) is 4.06. The highest BCUT2D eigenvalue weighted by molar-refractivity contribution is 9.10. The highest BCUT2D eigenvalue weighted by Crippen LogP contribution is 2.17. The Hall–Kier alpha value is -1.64. The lowest BCUT2D eigenvalue weighted by Crippen LogP contribution is -2.42. The third kappa shape index (κ3) is 3.96. The Morgan fingerprint density at radius 2 is 1.91 bits per heavy atom. The van der Waals surface area contributed by atoms with Gasteiger partial charge in [0.2, 0.25) is 0 Å². The standard InChI is InChI=1S/C13H10BrClN4O2S/c1-22-13-16-6-9(15)10(17-13)12(21)19-18-11(20)7-4-2-3-5-8(7)14/h2-6H,1H3,(H,18,20)(H,19,21). The van der Waals surface area contributed by atoms with Crippen LogP contribution in [0.5, 0.6) is 0 Å². The number of carbonyl (C=O) groups excluding carboxylic acids is 2. The molecule has 6 nitrogen and oxygen atoms in total. The minimum absolute atomic E-state index is 0.00607. The van der Waals surface area contributed by atoms with Gasteiger partial charge in [-0.25, -0.2) is 9.97 Å². The number of hydrogen-bond acceptors (Lipinski definition) is 5. The molecule has 0 aliphatic heterocycles. The number of halogens is 2. The van der Waals surface area contributed by atoms with Crippen LogP contribution >= 0.6 is 39.3 Å². The Morgan fingerprint density at radius 3 is 2.59 bits per heavy atom. The highest BCUT2D eigenvalue weighted by Gasteiger charge is 2.16. The van der Waals surface area contributed by atoms with Crippen molar-refractivity contribution >= 4 is 51.1 Å². The molecule has 0 fully saturated rings. The molecule has 0 aliphatic rings. The van der Waals surface area contributed by atoms with Crippen LogP contribution in [-0.4, -0.2) is 28.0 Å². The summed E-state index contributed by atoms with van der Waals surface area (Å²) in [6, 6.07) is 6.84. The summed E-state index contributed by atoms with van der Waals surface area (Å²) in [6.07, 6.45) is 3.12. The van der Waals surface area contributed by atoms with Crippen LogP contribution in [0, 0.1) is 0 Å². The Labute approximate surface area is 144 Å². The van der Waals surface area contributed by atoms with E-state index in [4.69, 9.17) is 11.6 Å². The second-order valence-electron chi connectivity index (χ2n) is 3.94. The summed E-state index contributed by atoms with van der Waals surface area (Å²) in [5.41, 5.74) is 4.97. The van der Waals surface area contributed by atoms with Gasteiger partial charge in [-0.15, -0.1) is 0 Å². The lowest BCUT2D eigenvalue weighted by Gasteiger charge is -2.09. The molecule has 0 saturated heterocycles. The van der Waals surface area contributed by atoms with Crippen molar-refractivity contribution in [2.45, 2.75) is 5.16 Å². The van der Waals surface area contributed by atoms with Crippen molar-refractivity contribution < 1.29 is 9.59 Å². The molecule has 0 unspecified atom stereocenters. The van der Waals surface area contributed by atoms with Gasteiger partial charge in [0.1, 0.15) is 0 Å². The maximum absolute atomic E-state index is 12.0. The second kappa shape index (κ2) is 7.57. The SMILES string of the molecule is CSc1ncc(Cl)c(C(=O)NNC(=O)c2ccccc2Br)n1. The number of aromatic nitrogens is 2. The summed E-state index contributed by atoms with van der Waals surface area (Å²) < 4.78 is 0.617. The normalized spacial score (nSPS) is 10.1. The van der Waals surface area contributed by atoms with Gasteiger partial charge in [-0.3, -0.25) is 20.4 Å². The van der Waals surface area contributed by atoms with Crippen molar-refractivity contribution in [1.82, 2.24) is 20.8 Å². The van der Waals surface area contributed by atoms with Gasteiger partial charge >= 0.3 is 0 Å². The van der Waals surface area contributed by atoms with E-state index in [2.05, 4.69) is 36.7 Å². The maximum atomic E-state index is 12.0. The molecule has 1 heterocycles. The number of thioether (sulfide) groups is 1. The van der Waals surface area contributed by atoms with Gasteiger partial charge in [-0.05, 0) is 34.3 Å². The number of rotatable bonds is 3. The number of nitrogens with one attached hydrogen (secondary N) is 2. The molecule has 2 amide bonds. The van der Waals surface area contributed by atoms with E-state index in [1.165, 1.54) is 18.0 Å². The number of benzene rings is 1. The Kier molecular flexibility index (Phi) is 5.76. The fourth-order valence-electron chi connectivity index (χ4n) is 1.49. The zero-order chi connectivity index (χ0) is 16.1. The van der Waals surface area contributed by atoms with Crippen LogP contribution < -0.4 is 10.9 Å². The average Bonchev–Trinajstić information content (AvgIpc) is 2.53. The number of hydrazine groups is 1. The first-order valence-corrected chi connectivity index (χ1v) is 8.34. The van der Waals surface area contributed by atoms with Gasteiger partial charge in [0, 0.05) is 4.47 Å². The number of nitrogens with zero attached hydrogens (tertiary/aromatic N) is 2. The van der Waals surface area contributed by atoms with E-state index in [9.17, 15) is 9.59 Å². The molecule has 0 radical (unpaired) electrons. The molecule has 1 aromatic carbocycles. The molecule has 0 saturated carbocycles. The van der Waals surface area contributed by atoms with Crippen molar-refractivity contribution in [2.75, 3.05) is 6.26 Å². The fraction of sp³-hybridized carbons (Fsp3) is 0.0769. The Balaban J connectivity index is 2.07. The van der Waals surface area contributed by atoms with Crippen molar-refractivity contribution in [2.24, 2.45) is 0 Å². The summed E-state index contributed by atoms with van der Waals surface area (Å²) in [5.74, 6) is -1.08. The van der Waals surface area contributed by atoms with E-state index < -0.39 is 11.8 Å². The van der Waals surface area contributed by atoms with Gasteiger partial charge in [0.25, 0.3) is 11.8 Å². The number of amides is 2. The monoisotopic (exact) mass is 400 g/mol. The van der Waals surface area contributed by atoms with Crippen LogP contribution in [0.3, 0.4) is 0 Å². The minimum atomic E-state index is -0.622. The molecule has 9 heteroatoms. The second-order valence-corrected chi connectivity index (χ2v) is 5.98. The van der Waals surface area contributed by atoms with Crippen LogP contribution in [-0.2, 0) is 0 Å². The Bertz CT molecular complexity index is 729. The van der Waals surface area contributed by atoms with Crippen molar-refractivity contribution in [3.63, 3.8) is 0 Å². The molecular weight excluding hydrogens is 392 g/mol. The van der Waals surface area contributed by atoms with Crippen LogP contribution in [0.2, 0.25) is 5.02 Å². The summed E-state index contributed by atoms with van der Waals surface area (Å²) in [6.45, 7) is 0. The molecule has 2 rings (SSSR count). The quantitative estimate of drug-likeness (QED) is 0.469. The lowest BCUT2D eigenvalue weighted by atomic mass is 10.2. The van der Waals surface area contributed by atoms with Gasteiger partial charge in [0.05, 0.1) is 16.8 Å². The minimum Gasteiger partial charge on any atom is -0.267 e. The zero-order valence-corrected chi connectivity index (χ0v) is 14.4. The average molecular weight is 402 g/mol. The predicted molar refractivity (Wildman–Crippen MR) is 87.9 cm³/mol. The van der Waals surface area contributed by atoms with E-state index >= 15 is 0 Å². The molecule has 0 bridgehead atoms. The molecular formula is C13H10BrClN4O2S. The molecule has 2 aromatic rings. The summed E-state index contributed by atoms with van der Waals surface area (Å²) in [5, 5.41) is 0.511. The molecule has 0 atom stereocenters. The molecule has 0 spiro atoms. The molecule has 114 valence electrons. The fourth-order valence-corrected chi connectivity index (χ4v) is 2.48.